The second-order valence-corrected chi connectivity index (χ2v) is 10.2. The van der Waals surface area contributed by atoms with Crippen molar-refractivity contribution >= 4 is 15.8 Å². The first-order valence-corrected chi connectivity index (χ1v) is 13.0. The Morgan fingerprint density at radius 3 is 2.00 bits per heavy atom. The van der Waals surface area contributed by atoms with Gasteiger partial charge in [-0.25, -0.2) is 13.1 Å². The van der Waals surface area contributed by atoms with Crippen LogP contribution in [0.2, 0.25) is 0 Å². The minimum absolute atomic E-state index is 0.0386. The summed E-state index contributed by atoms with van der Waals surface area (Å²) in [7, 11) is -3.53. The zero-order valence-corrected chi connectivity index (χ0v) is 19.5. The van der Waals surface area contributed by atoms with Gasteiger partial charge in [0.1, 0.15) is 0 Å². The van der Waals surface area contributed by atoms with Crippen molar-refractivity contribution in [3.05, 3.63) is 102 Å². The van der Waals surface area contributed by atoms with Gasteiger partial charge in [-0.1, -0.05) is 78.9 Å². The normalized spacial score (nSPS) is 16.4. The third kappa shape index (κ3) is 5.96. The van der Waals surface area contributed by atoms with Gasteiger partial charge in [0.05, 0.1) is 4.90 Å². The fraction of sp³-hybridized carbons (Fsp3) is 0.296. The largest absolute Gasteiger partial charge is 0.296 e. The highest BCUT2D eigenvalue weighted by Gasteiger charge is 2.30. The lowest BCUT2D eigenvalue weighted by atomic mass is 9.87. The van der Waals surface area contributed by atoms with Crippen LogP contribution in [0.15, 0.2) is 95.9 Å². The molecule has 172 valence electrons. The van der Waals surface area contributed by atoms with Crippen molar-refractivity contribution in [3.63, 3.8) is 0 Å². The molecule has 1 unspecified atom stereocenters. The number of ketones is 1. The second kappa shape index (κ2) is 10.9. The summed E-state index contributed by atoms with van der Waals surface area (Å²) in [6, 6.07) is 28.3. The smallest absolute Gasteiger partial charge is 0.240 e. The van der Waals surface area contributed by atoms with Crippen LogP contribution in [0.1, 0.15) is 41.2 Å². The molecule has 1 saturated heterocycles. The van der Waals surface area contributed by atoms with Crippen molar-refractivity contribution in [1.29, 1.82) is 0 Å². The monoisotopic (exact) mass is 462 g/mol. The van der Waals surface area contributed by atoms with Crippen molar-refractivity contribution in [2.24, 2.45) is 5.92 Å². The van der Waals surface area contributed by atoms with Gasteiger partial charge in [-0.05, 0) is 50.0 Å². The van der Waals surface area contributed by atoms with Gasteiger partial charge in [0.25, 0.3) is 0 Å². The number of nitrogens with zero attached hydrogens (tertiary/aromatic N) is 1. The van der Waals surface area contributed by atoms with E-state index in [0.29, 0.717) is 13.0 Å². The van der Waals surface area contributed by atoms with E-state index in [1.807, 2.05) is 48.5 Å². The molecule has 1 fully saturated rings. The summed E-state index contributed by atoms with van der Waals surface area (Å²) in [6.07, 6.45) is 2.28. The Morgan fingerprint density at radius 2 is 1.39 bits per heavy atom. The maximum atomic E-state index is 12.9. The minimum atomic E-state index is -3.53. The van der Waals surface area contributed by atoms with Crippen molar-refractivity contribution < 1.29 is 13.2 Å². The first kappa shape index (κ1) is 23.4. The van der Waals surface area contributed by atoms with E-state index in [1.54, 1.807) is 30.3 Å². The van der Waals surface area contributed by atoms with Gasteiger partial charge in [-0.2, -0.15) is 0 Å². The Bertz CT molecular complexity index is 1130. The van der Waals surface area contributed by atoms with Gasteiger partial charge in [-0.15, -0.1) is 0 Å². The summed E-state index contributed by atoms with van der Waals surface area (Å²) in [5.41, 5.74) is 1.95. The highest BCUT2D eigenvalue weighted by molar-refractivity contribution is 7.89. The van der Waals surface area contributed by atoms with E-state index < -0.39 is 10.0 Å². The van der Waals surface area contributed by atoms with Crippen LogP contribution in [-0.4, -0.2) is 38.7 Å². The number of nitrogens with one attached hydrogen (secondary N) is 1. The summed E-state index contributed by atoms with van der Waals surface area (Å²) in [6.45, 7) is 1.97. The topological polar surface area (TPSA) is 66.5 Å². The molecule has 1 atom stereocenters. The van der Waals surface area contributed by atoms with Gasteiger partial charge in [-0.3, -0.25) is 9.69 Å². The standard InChI is InChI=1S/C27H30N2O3S/c30-27(23-12-6-2-7-13-23)24-17-20-29(21-18-24)26(22-10-4-1-5-11-22)16-19-28-33(31,32)25-14-8-3-9-15-25/h1-15,24,26,28H,16-21H2. The molecule has 5 nitrogen and oxygen atoms in total. The Hall–Kier alpha value is -2.80. The predicted octanol–water partition coefficient (Wildman–Crippen LogP) is 4.69. The first-order valence-electron chi connectivity index (χ1n) is 11.5. The average molecular weight is 463 g/mol. The third-order valence-corrected chi connectivity index (χ3v) is 7.82. The van der Waals surface area contributed by atoms with Crippen molar-refractivity contribution in [1.82, 2.24) is 9.62 Å². The maximum absolute atomic E-state index is 12.9. The van der Waals surface area contributed by atoms with Crippen molar-refractivity contribution in [2.75, 3.05) is 19.6 Å². The zero-order valence-electron chi connectivity index (χ0n) is 18.6. The quantitative estimate of drug-likeness (QED) is 0.469. The Balaban J connectivity index is 1.40. The van der Waals surface area contributed by atoms with Crippen LogP contribution >= 0.6 is 0 Å². The van der Waals surface area contributed by atoms with Crippen LogP contribution in [0.5, 0.6) is 0 Å². The number of hydrogen-bond acceptors (Lipinski definition) is 4. The highest BCUT2D eigenvalue weighted by atomic mass is 32.2. The molecule has 4 rings (SSSR count). The molecule has 0 saturated carbocycles. The fourth-order valence-electron chi connectivity index (χ4n) is 4.56. The van der Waals surface area contributed by atoms with E-state index in [4.69, 9.17) is 0 Å². The van der Waals surface area contributed by atoms with E-state index >= 15 is 0 Å². The van der Waals surface area contributed by atoms with E-state index in [-0.39, 0.29) is 22.6 Å². The predicted molar refractivity (Wildman–Crippen MR) is 130 cm³/mol. The molecule has 1 N–H and O–H groups in total. The van der Waals surface area contributed by atoms with Crippen molar-refractivity contribution in [2.45, 2.75) is 30.2 Å². The number of piperidine rings is 1. The van der Waals surface area contributed by atoms with Gasteiger partial charge < -0.3 is 0 Å². The number of sulfonamides is 1. The molecule has 1 aliphatic heterocycles. The molecule has 3 aromatic carbocycles. The summed E-state index contributed by atoms with van der Waals surface area (Å²) >= 11 is 0. The Morgan fingerprint density at radius 1 is 0.848 bits per heavy atom. The van der Waals surface area contributed by atoms with Crippen LogP contribution < -0.4 is 4.72 Å². The second-order valence-electron chi connectivity index (χ2n) is 8.47. The zero-order chi connectivity index (χ0) is 23.1. The van der Waals surface area contributed by atoms with Gasteiger partial charge in [0, 0.05) is 24.1 Å². The number of likely N-dealkylation sites (tertiary alicyclic amines) is 1. The molecule has 3 aromatic rings. The van der Waals surface area contributed by atoms with Gasteiger partial charge >= 0.3 is 0 Å². The lowest BCUT2D eigenvalue weighted by molar-refractivity contribution is 0.0782. The number of benzene rings is 3. The van der Waals surface area contributed by atoms with E-state index in [2.05, 4.69) is 21.8 Å². The number of Topliss-reactive ketones (excluding diaryl/α,β-unsaturated/α-hetero) is 1. The molecule has 0 amide bonds. The summed E-state index contributed by atoms with van der Waals surface area (Å²) in [4.78, 5) is 15.5. The molecule has 0 radical (unpaired) electrons. The summed E-state index contributed by atoms with van der Waals surface area (Å²) in [5, 5.41) is 0. The van der Waals surface area contributed by atoms with Crippen LogP contribution in [0.25, 0.3) is 0 Å². The number of carbonyl (C=O) groups excluding carboxylic acids is 1. The highest BCUT2D eigenvalue weighted by Crippen LogP contribution is 2.30. The molecular formula is C27H30N2O3S. The fourth-order valence-corrected chi connectivity index (χ4v) is 5.63. The molecule has 0 aliphatic carbocycles. The molecule has 1 aliphatic rings. The van der Waals surface area contributed by atoms with Crippen LogP contribution in [0, 0.1) is 5.92 Å². The van der Waals surface area contributed by atoms with Crippen LogP contribution in [-0.2, 0) is 10.0 Å². The van der Waals surface area contributed by atoms with Crippen LogP contribution in [0.4, 0.5) is 0 Å². The molecular weight excluding hydrogens is 432 g/mol. The Labute approximate surface area is 196 Å². The minimum Gasteiger partial charge on any atom is -0.296 e. The van der Waals surface area contributed by atoms with Gasteiger partial charge in [0.2, 0.25) is 10.0 Å². The molecule has 6 heteroatoms. The summed E-state index contributed by atoms with van der Waals surface area (Å²) < 4.78 is 28.0. The number of rotatable bonds is 9. The molecule has 1 heterocycles. The van der Waals surface area contributed by atoms with E-state index in [0.717, 1.165) is 31.5 Å². The molecule has 0 spiro atoms. The van der Waals surface area contributed by atoms with Gasteiger partial charge in [0.15, 0.2) is 5.78 Å². The third-order valence-electron chi connectivity index (χ3n) is 6.35. The molecule has 0 aromatic heterocycles. The van der Waals surface area contributed by atoms with Crippen LogP contribution in [0.3, 0.4) is 0 Å². The van der Waals surface area contributed by atoms with E-state index in [1.165, 1.54) is 5.56 Å². The molecule has 0 bridgehead atoms. The maximum Gasteiger partial charge on any atom is 0.240 e. The average Bonchev–Trinajstić information content (AvgIpc) is 2.88. The lowest BCUT2D eigenvalue weighted by Gasteiger charge is -2.37. The summed E-state index contributed by atoms with van der Waals surface area (Å²) in [5.74, 6) is 0.263. The first-order chi connectivity index (χ1) is 16.0. The van der Waals surface area contributed by atoms with E-state index in [9.17, 15) is 13.2 Å². The SMILES string of the molecule is O=C(c1ccccc1)C1CCN(C(CCNS(=O)(=O)c2ccccc2)c2ccccc2)CC1. The lowest BCUT2D eigenvalue weighted by Crippen LogP contribution is -2.40. The van der Waals surface area contributed by atoms with Crippen molar-refractivity contribution in [3.8, 4) is 0 Å². The Kier molecular flexibility index (Phi) is 7.70. The number of carbonyl (C=O) groups is 1. The number of hydrogen-bond donors (Lipinski definition) is 1. The molecule has 33 heavy (non-hydrogen) atoms.